The van der Waals surface area contributed by atoms with Gasteiger partial charge in [0.05, 0.1) is 16.4 Å². The Hall–Kier alpha value is -1.83. The van der Waals surface area contributed by atoms with Crippen molar-refractivity contribution in [3.05, 3.63) is 28.3 Å². The number of sulfone groups is 1. The second kappa shape index (κ2) is 5.04. The van der Waals surface area contributed by atoms with Crippen LogP contribution in [-0.2, 0) is 9.84 Å². The molecule has 1 aromatic rings. The van der Waals surface area contributed by atoms with Gasteiger partial charge in [-0.2, -0.15) is 0 Å². The number of nitro groups is 1. The number of nitrogen functional groups attached to an aromatic ring is 1. The number of nitro benzene ring substituents is 1. The Morgan fingerprint density at radius 2 is 2.11 bits per heavy atom. The van der Waals surface area contributed by atoms with Crippen molar-refractivity contribution in [2.45, 2.75) is 18.9 Å². The van der Waals surface area contributed by atoms with Crippen LogP contribution in [0.3, 0.4) is 0 Å². The standard InChI is InChI=1S/C11H15N3O4S/c12-8-4-10(6-11(5-8)14(15)16)13-9-2-1-3-19(17,18)7-9/h4-6,9,13H,1-3,7,12H2. The summed E-state index contributed by atoms with van der Waals surface area (Å²) >= 11 is 0. The van der Waals surface area contributed by atoms with Gasteiger partial charge in [0.25, 0.3) is 5.69 Å². The van der Waals surface area contributed by atoms with Crippen LogP contribution in [0, 0.1) is 10.1 Å². The highest BCUT2D eigenvalue weighted by molar-refractivity contribution is 7.91. The number of nitrogens with zero attached hydrogens (tertiary/aromatic N) is 1. The minimum atomic E-state index is -3.02. The molecular weight excluding hydrogens is 270 g/mol. The quantitative estimate of drug-likeness (QED) is 0.489. The van der Waals surface area contributed by atoms with E-state index in [0.717, 1.165) is 6.42 Å². The van der Waals surface area contributed by atoms with E-state index >= 15 is 0 Å². The Balaban J connectivity index is 2.17. The van der Waals surface area contributed by atoms with Gasteiger partial charge in [-0.05, 0) is 18.9 Å². The summed E-state index contributed by atoms with van der Waals surface area (Å²) in [5, 5.41) is 13.7. The molecule has 0 aromatic heterocycles. The summed E-state index contributed by atoms with van der Waals surface area (Å²) in [7, 11) is -3.02. The number of anilines is 2. The molecule has 1 atom stereocenters. The van der Waals surface area contributed by atoms with Crippen molar-refractivity contribution in [2.24, 2.45) is 0 Å². The summed E-state index contributed by atoms with van der Waals surface area (Å²) in [6.07, 6.45) is 1.33. The van der Waals surface area contributed by atoms with Gasteiger partial charge in [-0.15, -0.1) is 0 Å². The molecule has 1 saturated heterocycles. The van der Waals surface area contributed by atoms with E-state index in [4.69, 9.17) is 5.73 Å². The first-order valence-electron chi connectivity index (χ1n) is 5.88. The summed E-state index contributed by atoms with van der Waals surface area (Å²) in [6.45, 7) is 0. The number of rotatable bonds is 3. The Morgan fingerprint density at radius 1 is 1.37 bits per heavy atom. The number of hydrogen-bond acceptors (Lipinski definition) is 6. The van der Waals surface area contributed by atoms with Crippen LogP contribution in [0.4, 0.5) is 17.1 Å². The molecular formula is C11H15N3O4S. The van der Waals surface area contributed by atoms with Gasteiger partial charge < -0.3 is 11.1 Å². The van der Waals surface area contributed by atoms with Crippen LogP contribution in [0.1, 0.15) is 12.8 Å². The first-order chi connectivity index (χ1) is 8.85. The van der Waals surface area contributed by atoms with Gasteiger partial charge in [-0.3, -0.25) is 10.1 Å². The van der Waals surface area contributed by atoms with Gasteiger partial charge >= 0.3 is 0 Å². The average Bonchev–Trinajstić information content (AvgIpc) is 2.26. The molecule has 1 heterocycles. The van der Waals surface area contributed by atoms with Crippen molar-refractivity contribution in [2.75, 3.05) is 22.6 Å². The van der Waals surface area contributed by atoms with Crippen molar-refractivity contribution >= 4 is 26.9 Å². The predicted molar refractivity (Wildman–Crippen MR) is 72.8 cm³/mol. The number of benzene rings is 1. The van der Waals surface area contributed by atoms with E-state index in [-0.39, 0.29) is 28.9 Å². The Kier molecular flexibility index (Phi) is 3.61. The summed E-state index contributed by atoms with van der Waals surface area (Å²) in [4.78, 5) is 10.2. The number of nitrogens with two attached hydrogens (primary N) is 1. The molecule has 104 valence electrons. The van der Waals surface area contributed by atoms with Crippen LogP contribution in [0.2, 0.25) is 0 Å². The molecule has 0 amide bonds. The zero-order valence-electron chi connectivity index (χ0n) is 10.2. The lowest BCUT2D eigenvalue weighted by molar-refractivity contribution is -0.384. The Morgan fingerprint density at radius 3 is 2.74 bits per heavy atom. The molecule has 1 fully saturated rings. The molecule has 0 bridgehead atoms. The fourth-order valence-electron chi connectivity index (χ4n) is 2.20. The average molecular weight is 285 g/mol. The molecule has 1 aliphatic rings. The van der Waals surface area contributed by atoms with Crippen molar-refractivity contribution in [1.82, 2.24) is 0 Å². The molecule has 3 N–H and O–H groups in total. The topological polar surface area (TPSA) is 115 Å². The smallest absolute Gasteiger partial charge is 0.273 e. The van der Waals surface area contributed by atoms with Gasteiger partial charge in [0.15, 0.2) is 9.84 Å². The molecule has 2 rings (SSSR count). The van der Waals surface area contributed by atoms with Crippen molar-refractivity contribution in [3.8, 4) is 0 Å². The largest absolute Gasteiger partial charge is 0.398 e. The van der Waals surface area contributed by atoms with E-state index in [1.54, 1.807) is 6.07 Å². The third kappa shape index (κ3) is 3.57. The van der Waals surface area contributed by atoms with Crippen molar-refractivity contribution in [3.63, 3.8) is 0 Å². The summed E-state index contributed by atoms with van der Waals surface area (Å²) in [6, 6.07) is 3.97. The maximum atomic E-state index is 11.5. The van der Waals surface area contributed by atoms with Crippen LogP contribution in [0.5, 0.6) is 0 Å². The summed E-state index contributed by atoms with van der Waals surface area (Å²) in [5.41, 5.74) is 6.24. The first-order valence-corrected chi connectivity index (χ1v) is 7.70. The highest BCUT2D eigenvalue weighted by atomic mass is 32.2. The van der Waals surface area contributed by atoms with Gasteiger partial charge in [0, 0.05) is 29.5 Å². The van der Waals surface area contributed by atoms with E-state index in [2.05, 4.69) is 5.32 Å². The third-order valence-corrected chi connectivity index (χ3v) is 4.81. The monoisotopic (exact) mass is 285 g/mol. The second-order valence-corrected chi connectivity index (χ2v) is 6.90. The van der Waals surface area contributed by atoms with Crippen molar-refractivity contribution < 1.29 is 13.3 Å². The fourth-order valence-corrected chi connectivity index (χ4v) is 3.83. The number of non-ortho nitro benzene ring substituents is 1. The first kappa shape index (κ1) is 13.6. The van der Waals surface area contributed by atoms with E-state index in [9.17, 15) is 18.5 Å². The van der Waals surface area contributed by atoms with Crippen LogP contribution in [0.25, 0.3) is 0 Å². The van der Waals surface area contributed by atoms with E-state index in [0.29, 0.717) is 12.1 Å². The highest BCUT2D eigenvalue weighted by Gasteiger charge is 2.24. The maximum Gasteiger partial charge on any atom is 0.273 e. The zero-order valence-corrected chi connectivity index (χ0v) is 11.0. The van der Waals surface area contributed by atoms with Crippen LogP contribution >= 0.6 is 0 Å². The van der Waals surface area contributed by atoms with E-state index in [1.807, 2.05) is 0 Å². The molecule has 1 aliphatic heterocycles. The van der Waals surface area contributed by atoms with Gasteiger partial charge in [-0.1, -0.05) is 0 Å². The van der Waals surface area contributed by atoms with Crippen LogP contribution in [-0.4, -0.2) is 30.9 Å². The lowest BCUT2D eigenvalue weighted by Crippen LogP contribution is -2.34. The van der Waals surface area contributed by atoms with Gasteiger partial charge in [-0.25, -0.2) is 8.42 Å². The molecule has 0 aliphatic carbocycles. The zero-order chi connectivity index (χ0) is 14.0. The molecule has 0 radical (unpaired) electrons. The minimum Gasteiger partial charge on any atom is -0.398 e. The summed E-state index contributed by atoms with van der Waals surface area (Å²) < 4.78 is 23.0. The number of hydrogen-bond donors (Lipinski definition) is 2. The maximum absolute atomic E-state index is 11.5. The normalized spacial score (nSPS) is 21.8. The Bertz CT molecular complexity index is 600. The van der Waals surface area contributed by atoms with Crippen LogP contribution in [0.15, 0.2) is 18.2 Å². The molecule has 0 spiro atoms. The molecule has 19 heavy (non-hydrogen) atoms. The van der Waals surface area contributed by atoms with E-state index < -0.39 is 14.8 Å². The van der Waals surface area contributed by atoms with Crippen molar-refractivity contribution in [1.29, 1.82) is 0 Å². The molecule has 1 unspecified atom stereocenters. The highest BCUT2D eigenvalue weighted by Crippen LogP contribution is 2.24. The third-order valence-electron chi connectivity index (χ3n) is 2.98. The van der Waals surface area contributed by atoms with E-state index in [1.165, 1.54) is 12.1 Å². The lowest BCUT2D eigenvalue weighted by Gasteiger charge is -2.24. The SMILES string of the molecule is Nc1cc(NC2CCCS(=O)(=O)C2)cc([N+](=O)[O-])c1. The second-order valence-electron chi connectivity index (χ2n) is 4.67. The van der Waals surface area contributed by atoms with Gasteiger partial charge in [0.2, 0.25) is 0 Å². The number of nitrogens with one attached hydrogen (secondary N) is 1. The molecule has 8 heteroatoms. The lowest BCUT2D eigenvalue weighted by atomic mass is 10.1. The fraction of sp³-hybridized carbons (Fsp3) is 0.455. The molecule has 1 aromatic carbocycles. The van der Waals surface area contributed by atoms with Gasteiger partial charge in [0.1, 0.15) is 0 Å². The van der Waals surface area contributed by atoms with Crippen LogP contribution < -0.4 is 11.1 Å². The minimum absolute atomic E-state index is 0.0512. The molecule has 7 nitrogen and oxygen atoms in total. The Labute approximate surface area is 110 Å². The predicted octanol–water partition coefficient (Wildman–Crippen LogP) is 1.17. The molecule has 0 saturated carbocycles. The summed E-state index contributed by atoms with van der Waals surface area (Å²) in [5.74, 6) is 0.262.